The molecule has 0 aromatic rings. The minimum absolute atomic E-state index is 0.348. The predicted molar refractivity (Wildman–Crippen MR) is 36.9 cm³/mol. The van der Waals surface area contributed by atoms with Crippen LogP contribution in [0.4, 0.5) is 4.39 Å². The van der Waals surface area contributed by atoms with Gasteiger partial charge in [0.15, 0.2) is 6.29 Å². The number of ether oxygens (including phenoxy) is 2. The Kier molecular flexibility index (Phi) is 3.23. The summed E-state index contributed by atoms with van der Waals surface area (Å²) in [7, 11) is 1.51. The number of rotatable bonds is 2. The van der Waals surface area contributed by atoms with Crippen molar-refractivity contribution in [3.8, 4) is 0 Å². The molecule has 0 aliphatic carbocycles. The normalized spacial score (nSPS) is 39.0. The molecule has 4 heteroatoms. The molecule has 11 heavy (non-hydrogen) atoms. The lowest BCUT2D eigenvalue weighted by molar-refractivity contribution is -0.214. The van der Waals surface area contributed by atoms with Gasteiger partial charge in [-0.15, -0.1) is 0 Å². The summed E-state index contributed by atoms with van der Waals surface area (Å²) in [5.41, 5.74) is 0. The molecule has 1 saturated heterocycles. The lowest BCUT2D eigenvalue weighted by Crippen LogP contribution is -2.40. The van der Waals surface area contributed by atoms with Crippen LogP contribution < -0.4 is 0 Å². The smallest absolute Gasteiger partial charge is 0.157 e. The van der Waals surface area contributed by atoms with Crippen LogP contribution in [-0.2, 0) is 9.47 Å². The maximum Gasteiger partial charge on any atom is 0.157 e. The number of hydrogen-bond acceptors (Lipinski definition) is 3. The van der Waals surface area contributed by atoms with Crippen LogP contribution in [0.3, 0.4) is 0 Å². The van der Waals surface area contributed by atoms with Gasteiger partial charge in [0.05, 0.1) is 6.10 Å². The molecule has 1 aliphatic rings. The van der Waals surface area contributed by atoms with E-state index in [9.17, 15) is 4.39 Å². The lowest BCUT2D eigenvalue weighted by atomic mass is 10.1. The zero-order chi connectivity index (χ0) is 8.27. The highest BCUT2D eigenvalue weighted by atomic mass is 19.1. The number of aliphatic hydroxyl groups excluding tert-OH is 1. The molecule has 0 spiro atoms. The van der Waals surface area contributed by atoms with Crippen LogP contribution in [0.2, 0.25) is 0 Å². The first kappa shape index (κ1) is 8.90. The Morgan fingerprint density at radius 3 is 2.91 bits per heavy atom. The summed E-state index contributed by atoms with van der Waals surface area (Å²) in [5, 5.41) is 9.16. The topological polar surface area (TPSA) is 38.7 Å². The second-order valence-corrected chi connectivity index (χ2v) is 2.64. The van der Waals surface area contributed by atoms with Gasteiger partial charge in [-0.25, -0.2) is 4.39 Å². The summed E-state index contributed by atoms with van der Waals surface area (Å²) < 4.78 is 22.0. The lowest BCUT2D eigenvalue weighted by Gasteiger charge is -2.31. The standard InChI is InChI=1S/C7H13FO3/c1-10-7-3-2-5(9)6(4-8)11-7/h5-7,9H,2-4H2,1H3/t5-,6+,7-/m1/s1. The quantitative estimate of drug-likeness (QED) is 0.644. The first-order valence-corrected chi connectivity index (χ1v) is 3.70. The van der Waals surface area contributed by atoms with Crippen molar-refractivity contribution in [1.29, 1.82) is 0 Å². The Morgan fingerprint density at radius 2 is 2.36 bits per heavy atom. The van der Waals surface area contributed by atoms with Crippen LogP contribution in [0.5, 0.6) is 0 Å². The molecule has 1 rings (SSSR count). The van der Waals surface area contributed by atoms with Gasteiger partial charge in [0.2, 0.25) is 0 Å². The van der Waals surface area contributed by atoms with Gasteiger partial charge in [0, 0.05) is 13.5 Å². The van der Waals surface area contributed by atoms with E-state index < -0.39 is 18.9 Å². The van der Waals surface area contributed by atoms with Gasteiger partial charge in [-0.1, -0.05) is 0 Å². The Morgan fingerprint density at radius 1 is 1.64 bits per heavy atom. The predicted octanol–water partition coefficient (Wildman–Crippen LogP) is 0.468. The zero-order valence-corrected chi connectivity index (χ0v) is 6.50. The van der Waals surface area contributed by atoms with E-state index in [-0.39, 0.29) is 6.29 Å². The molecule has 66 valence electrons. The van der Waals surface area contributed by atoms with Crippen molar-refractivity contribution in [2.45, 2.75) is 31.3 Å². The molecule has 1 aliphatic heterocycles. The summed E-state index contributed by atoms with van der Waals surface area (Å²) in [4.78, 5) is 0. The van der Waals surface area contributed by atoms with Gasteiger partial charge in [0.1, 0.15) is 12.8 Å². The van der Waals surface area contributed by atoms with Crippen molar-refractivity contribution in [3.63, 3.8) is 0 Å². The Bertz CT molecular complexity index is 120. The molecule has 0 aromatic carbocycles. The zero-order valence-electron chi connectivity index (χ0n) is 6.50. The summed E-state index contributed by atoms with van der Waals surface area (Å²) in [5.74, 6) is 0. The molecule has 0 amide bonds. The molecule has 0 bridgehead atoms. The van der Waals surface area contributed by atoms with Gasteiger partial charge >= 0.3 is 0 Å². The second-order valence-electron chi connectivity index (χ2n) is 2.64. The highest BCUT2D eigenvalue weighted by Crippen LogP contribution is 2.20. The van der Waals surface area contributed by atoms with Gasteiger partial charge in [-0.3, -0.25) is 0 Å². The van der Waals surface area contributed by atoms with Crippen LogP contribution in [0.15, 0.2) is 0 Å². The van der Waals surface area contributed by atoms with Crippen molar-refractivity contribution in [2.24, 2.45) is 0 Å². The van der Waals surface area contributed by atoms with Gasteiger partial charge in [0.25, 0.3) is 0 Å². The molecule has 1 fully saturated rings. The Balaban J connectivity index is 2.37. The third-order valence-corrected chi connectivity index (χ3v) is 1.87. The minimum Gasteiger partial charge on any atom is -0.390 e. The molecule has 0 unspecified atom stereocenters. The molecule has 1 N–H and O–H groups in total. The number of aliphatic hydroxyl groups is 1. The number of alkyl halides is 1. The van der Waals surface area contributed by atoms with Crippen LogP contribution in [-0.4, -0.2) is 37.4 Å². The molecular weight excluding hydrogens is 151 g/mol. The Hall–Kier alpha value is -0.190. The Labute approximate surface area is 65.1 Å². The average Bonchev–Trinajstić information content (AvgIpc) is 2.05. The average molecular weight is 164 g/mol. The second kappa shape index (κ2) is 3.99. The van der Waals surface area contributed by atoms with Crippen LogP contribution in [0.1, 0.15) is 12.8 Å². The monoisotopic (exact) mass is 164 g/mol. The van der Waals surface area contributed by atoms with Crippen LogP contribution in [0, 0.1) is 0 Å². The highest BCUT2D eigenvalue weighted by molar-refractivity contribution is 4.74. The summed E-state index contributed by atoms with van der Waals surface area (Å²) in [6, 6.07) is 0. The highest BCUT2D eigenvalue weighted by Gasteiger charge is 2.29. The molecule has 1 heterocycles. The van der Waals surface area contributed by atoms with E-state index in [2.05, 4.69) is 0 Å². The van der Waals surface area contributed by atoms with Crippen LogP contribution in [0.25, 0.3) is 0 Å². The van der Waals surface area contributed by atoms with E-state index in [4.69, 9.17) is 14.6 Å². The minimum atomic E-state index is -0.700. The van der Waals surface area contributed by atoms with Crippen molar-refractivity contribution in [1.82, 2.24) is 0 Å². The SMILES string of the molecule is CO[C@H]1CC[C@@H](O)[C@H](CF)O1. The van der Waals surface area contributed by atoms with E-state index in [1.165, 1.54) is 7.11 Å². The van der Waals surface area contributed by atoms with Gasteiger partial charge in [-0.2, -0.15) is 0 Å². The summed E-state index contributed by atoms with van der Waals surface area (Å²) >= 11 is 0. The fraction of sp³-hybridized carbons (Fsp3) is 1.00. The van der Waals surface area contributed by atoms with E-state index in [1.54, 1.807) is 0 Å². The fourth-order valence-corrected chi connectivity index (χ4v) is 1.16. The van der Waals surface area contributed by atoms with E-state index in [0.717, 1.165) is 0 Å². The number of halogens is 1. The molecule has 0 saturated carbocycles. The summed E-state index contributed by atoms with van der Waals surface area (Å²) in [6.45, 7) is -0.652. The van der Waals surface area contributed by atoms with Crippen LogP contribution >= 0.6 is 0 Å². The van der Waals surface area contributed by atoms with Gasteiger partial charge in [-0.05, 0) is 6.42 Å². The molecule has 0 radical (unpaired) electrons. The first-order chi connectivity index (χ1) is 5.27. The summed E-state index contributed by atoms with van der Waals surface area (Å²) in [6.07, 6.45) is -0.541. The molecule has 3 atom stereocenters. The third-order valence-electron chi connectivity index (χ3n) is 1.87. The first-order valence-electron chi connectivity index (χ1n) is 3.70. The van der Waals surface area contributed by atoms with E-state index in [0.29, 0.717) is 12.8 Å². The van der Waals surface area contributed by atoms with Crippen molar-refractivity contribution in [2.75, 3.05) is 13.8 Å². The third kappa shape index (κ3) is 2.12. The molecule has 3 nitrogen and oxygen atoms in total. The maximum atomic E-state index is 12.1. The maximum absolute atomic E-state index is 12.1. The van der Waals surface area contributed by atoms with E-state index >= 15 is 0 Å². The molecule has 0 aromatic heterocycles. The van der Waals surface area contributed by atoms with Crippen molar-refractivity contribution in [3.05, 3.63) is 0 Å². The van der Waals surface area contributed by atoms with Gasteiger partial charge < -0.3 is 14.6 Å². The fourth-order valence-electron chi connectivity index (χ4n) is 1.16. The van der Waals surface area contributed by atoms with E-state index in [1.807, 2.05) is 0 Å². The van der Waals surface area contributed by atoms with Crippen molar-refractivity contribution < 1.29 is 19.0 Å². The number of methoxy groups -OCH3 is 1. The number of hydrogen-bond donors (Lipinski definition) is 1. The molecular formula is C7H13FO3. The largest absolute Gasteiger partial charge is 0.390 e. The van der Waals surface area contributed by atoms with Crippen molar-refractivity contribution >= 4 is 0 Å².